The Kier molecular flexibility index (Phi) is 6.85. The van der Waals surface area contributed by atoms with E-state index < -0.39 is 0 Å². The van der Waals surface area contributed by atoms with Crippen LogP contribution in [-0.4, -0.2) is 42.8 Å². The van der Waals surface area contributed by atoms with E-state index in [0.717, 1.165) is 32.0 Å². The maximum absolute atomic E-state index is 11.7. The molecule has 1 amide bonds. The minimum absolute atomic E-state index is 0.0440. The van der Waals surface area contributed by atoms with Gasteiger partial charge in [0.15, 0.2) is 0 Å². The number of aldehydes is 1. The van der Waals surface area contributed by atoms with Crippen molar-refractivity contribution in [1.82, 2.24) is 4.90 Å². The first-order valence-corrected chi connectivity index (χ1v) is 6.65. The molecule has 1 rings (SSSR count). The molecule has 0 aromatic rings. The normalized spacial score (nSPS) is 19.7. The fourth-order valence-corrected chi connectivity index (χ4v) is 2.10. The van der Waals surface area contributed by atoms with Crippen molar-refractivity contribution in [3.05, 3.63) is 12.2 Å². The molecule has 0 aromatic carbocycles. The van der Waals surface area contributed by atoms with E-state index in [1.54, 1.807) is 4.90 Å². The van der Waals surface area contributed by atoms with Crippen molar-refractivity contribution in [1.29, 1.82) is 0 Å². The van der Waals surface area contributed by atoms with Crippen LogP contribution in [0.15, 0.2) is 12.2 Å². The second kappa shape index (κ2) is 8.45. The number of hydrogen-bond acceptors (Lipinski definition) is 4. The molecule has 1 atom stereocenters. The number of carbonyl (C=O) groups excluding carboxylic acids is 3. The number of carbonyl (C=O) groups is 3. The predicted molar refractivity (Wildman–Crippen MR) is 70.4 cm³/mol. The van der Waals surface area contributed by atoms with Crippen molar-refractivity contribution in [3.8, 4) is 0 Å². The zero-order chi connectivity index (χ0) is 14.1. The predicted octanol–water partition coefficient (Wildman–Crippen LogP) is 1.47. The van der Waals surface area contributed by atoms with Gasteiger partial charge in [0.25, 0.3) is 0 Å². The first-order chi connectivity index (χ1) is 9.19. The number of likely N-dealkylation sites (tertiary alicyclic amines) is 1. The second-order valence-electron chi connectivity index (χ2n) is 4.58. The number of allylic oxidation sites excluding steroid dienone is 1. The molecule has 1 unspecified atom stereocenters. The molecule has 1 heterocycles. The number of amides is 1. The SMILES string of the molecule is COC(=O)CCCC=CCN1C(=O)CCCC1C=O. The van der Waals surface area contributed by atoms with E-state index in [0.29, 0.717) is 19.4 Å². The first kappa shape index (κ1) is 15.4. The molecule has 0 aliphatic carbocycles. The van der Waals surface area contributed by atoms with E-state index in [9.17, 15) is 14.4 Å². The van der Waals surface area contributed by atoms with E-state index in [-0.39, 0.29) is 17.9 Å². The van der Waals surface area contributed by atoms with Crippen molar-refractivity contribution in [2.45, 2.75) is 44.6 Å². The lowest BCUT2D eigenvalue weighted by Gasteiger charge is -2.31. The van der Waals surface area contributed by atoms with Crippen molar-refractivity contribution < 1.29 is 19.1 Å². The van der Waals surface area contributed by atoms with Gasteiger partial charge in [0.2, 0.25) is 5.91 Å². The van der Waals surface area contributed by atoms with Gasteiger partial charge in [0.1, 0.15) is 6.29 Å². The minimum atomic E-state index is -0.277. The molecule has 0 aromatic heterocycles. The molecule has 0 saturated carbocycles. The van der Waals surface area contributed by atoms with Crippen LogP contribution >= 0.6 is 0 Å². The lowest BCUT2D eigenvalue weighted by molar-refractivity contribution is -0.140. The number of unbranched alkanes of at least 4 members (excludes halogenated alkanes) is 1. The van der Waals surface area contributed by atoms with Crippen molar-refractivity contribution in [2.75, 3.05) is 13.7 Å². The van der Waals surface area contributed by atoms with Crippen LogP contribution in [0.2, 0.25) is 0 Å². The zero-order valence-corrected chi connectivity index (χ0v) is 11.3. The van der Waals surface area contributed by atoms with Gasteiger partial charge in [0, 0.05) is 19.4 Å². The zero-order valence-electron chi connectivity index (χ0n) is 11.3. The Balaban J connectivity index is 2.27. The molecular weight excluding hydrogens is 246 g/mol. The number of methoxy groups -OCH3 is 1. The fraction of sp³-hybridized carbons (Fsp3) is 0.643. The van der Waals surface area contributed by atoms with Crippen molar-refractivity contribution in [3.63, 3.8) is 0 Å². The van der Waals surface area contributed by atoms with Crippen LogP contribution in [0.25, 0.3) is 0 Å². The van der Waals surface area contributed by atoms with Gasteiger partial charge < -0.3 is 14.4 Å². The summed E-state index contributed by atoms with van der Waals surface area (Å²) in [6, 6.07) is -0.277. The molecule has 1 aliphatic heterocycles. The highest BCUT2D eigenvalue weighted by Gasteiger charge is 2.26. The van der Waals surface area contributed by atoms with Gasteiger partial charge in [-0.15, -0.1) is 0 Å². The third-order valence-corrected chi connectivity index (χ3v) is 3.22. The molecule has 5 heteroatoms. The molecule has 19 heavy (non-hydrogen) atoms. The fourth-order valence-electron chi connectivity index (χ4n) is 2.10. The maximum Gasteiger partial charge on any atom is 0.305 e. The first-order valence-electron chi connectivity index (χ1n) is 6.65. The topological polar surface area (TPSA) is 63.7 Å². The average molecular weight is 267 g/mol. The number of hydrogen-bond donors (Lipinski definition) is 0. The molecule has 0 bridgehead atoms. The molecule has 106 valence electrons. The Morgan fingerprint density at radius 2 is 2.26 bits per heavy atom. The van der Waals surface area contributed by atoms with Crippen molar-refractivity contribution >= 4 is 18.2 Å². The summed E-state index contributed by atoms with van der Waals surface area (Å²) in [6.07, 6.45) is 8.65. The summed E-state index contributed by atoms with van der Waals surface area (Å²) in [7, 11) is 1.37. The van der Waals surface area contributed by atoms with Gasteiger partial charge in [-0.05, 0) is 25.7 Å². The number of piperidine rings is 1. The minimum Gasteiger partial charge on any atom is -0.469 e. The van der Waals surface area contributed by atoms with Crippen LogP contribution in [0.4, 0.5) is 0 Å². The smallest absolute Gasteiger partial charge is 0.305 e. The van der Waals surface area contributed by atoms with Gasteiger partial charge in [-0.1, -0.05) is 12.2 Å². The molecule has 1 fully saturated rings. The lowest BCUT2D eigenvalue weighted by atomic mass is 10.0. The highest BCUT2D eigenvalue weighted by atomic mass is 16.5. The average Bonchev–Trinajstić information content (AvgIpc) is 2.43. The van der Waals surface area contributed by atoms with Crippen LogP contribution in [0.5, 0.6) is 0 Å². The standard InChI is InChI=1S/C14H21NO4/c1-19-14(18)9-4-2-3-5-10-15-12(11-16)7-6-8-13(15)17/h3,5,11-12H,2,4,6-10H2,1H3. The van der Waals surface area contributed by atoms with Crippen LogP contribution in [0.1, 0.15) is 38.5 Å². The molecule has 0 spiro atoms. The molecule has 0 radical (unpaired) electrons. The van der Waals surface area contributed by atoms with E-state index >= 15 is 0 Å². The summed E-state index contributed by atoms with van der Waals surface area (Å²) in [5, 5.41) is 0. The summed E-state index contributed by atoms with van der Waals surface area (Å²) in [6.45, 7) is 0.473. The monoisotopic (exact) mass is 267 g/mol. The Bertz CT molecular complexity index is 351. The lowest BCUT2D eigenvalue weighted by Crippen LogP contribution is -2.44. The summed E-state index contributed by atoms with van der Waals surface area (Å²) < 4.78 is 4.54. The van der Waals surface area contributed by atoms with E-state index in [2.05, 4.69) is 4.74 Å². The summed E-state index contributed by atoms with van der Waals surface area (Å²) >= 11 is 0. The van der Waals surface area contributed by atoms with Gasteiger partial charge in [-0.25, -0.2) is 0 Å². The van der Waals surface area contributed by atoms with E-state index in [1.165, 1.54) is 7.11 Å². The number of ether oxygens (including phenoxy) is 1. The quantitative estimate of drug-likeness (QED) is 0.303. The van der Waals surface area contributed by atoms with E-state index in [4.69, 9.17) is 0 Å². The van der Waals surface area contributed by atoms with Crippen LogP contribution in [0.3, 0.4) is 0 Å². The Morgan fingerprint density at radius 3 is 2.95 bits per heavy atom. The second-order valence-corrected chi connectivity index (χ2v) is 4.58. The number of rotatable bonds is 7. The summed E-state index contributed by atoms with van der Waals surface area (Å²) in [5.74, 6) is -0.164. The summed E-state index contributed by atoms with van der Waals surface area (Å²) in [5.41, 5.74) is 0. The molecule has 1 saturated heterocycles. The number of nitrogens with zero attached hydrogens (tertiary/aromatic N) is 1. The van der Waals surface area contributed by atoms with Crippen LogP contribution in [-0.2, 0) is 19.1 Å². The van der Waals surface area contributed by atoms with Gasteiger partial charge in [0.05, 0.1) is 13.2 Å². The Hall–Kier alpha value is -1.65. The molecule has 5 nitrogen and oxygen atoms in total. The van der Waals surface area contributed by atoms with E-state index in [1.807, 2.05) is 12.2 Å². The van der Waals surface area contributed by atoms with Gasteiger partial charge in [-0.3, -0.25) is 9.59 Å². The van der Waals surface area contributed by atoms with Gasteiger partial charge in [-0.2, -0.15) is 0 Å². The highest BCUT2D eigenvalue weighted by Crippen LogP contribution is 2.16. The third-order valence-electron chi connectivity index (χ3n) is 3.22. The largest absolute Gasteiger partial charge is 0.469 e. The van der Waals surface area contributed by atoms with Crippen molar-refractivity contribution in [2.24, 2.45) is 0 Å². The Morgan fingerprint density at radius 1 is 1.47 bits per heavy atom. The van der Waals surface area contributed by atoms with Crippen LogP contribution in [0, 0.1) is 0 Å². The van der Waals surface area contributed by atoms with Crippen LogP contribution < -0.4 is 0 Å². The Labute approximate surface area is 113 Å². The number of esters is 1. The summed E-state index contributed by atoms with van der Waals surface area (Å²) in [4.78, 5) is 35.1. The molecule has 0 N–H and O–H groups in total. The third kappa shape index (κ3) is 5.24. The maximum atomic E-state index is 11.7. The van der Waals surface area contributed by atoms with Gasteiger partial charge >= 0.3 is 5.97 Å². The highest BCUT2D eigenvalue weighted by molar-refractivity contribution is 5.81. The molecular formula is C14H21NO4. The molecule has 1 aliphatic rings.